The second kappa shape index (κ2) is 6.36. The van der Waals surface area contributed by atoms with E-state index in [4.69, 9.17) is 0 Å². The summed E-state index contributed by atoms with van der Waals surface area (Å²) in [4.78, 5) is 6.33. The number of halogens is 2. The molecule has 6 heteroatoms. The second-order valence-electron chi connectivity index (χ2n) is 4.29. The van der Waals surface area contributed by atoms with E-state index in [2.05, 4.69) is 15.0 Å². The fourth-order valence-corrected chi connectivity index (χ4v) is 1.95. The molecule has 0 aliphatic carbocycles. The van der Waals surface area contributed by atoms with Gasteiger partial charge in [0.25, 0.3) is 0 Å². The number of para-hydroxylation sites is 1. The molecule has 19 heavy (non-hydrogen) atoms. The SMILES string of the molecule is CN1CCN=C1NCCc1ccccc1OC(F)F. The van der Waals surface area contributed by atoms with E-state index in [0.29, 0.717) is 13.0 Å². The van der Waals surface area contributed by atoms with Gasteiger partial charge < -0.3 is 15.0 Å². The summed E-state index contributed by atoms with van der Waals surface area (Å²) in [6.07, 6.45) is 0.607. The topological polar surface area (TPSA) is 36.9 Å². The molecule has 0 fully saturated rings. The number of ether oxygens (including phenoxy) is 1. The number of aliphatic imine (C=N–C) groups is 1. The van der Waals surface area contributed by atoms with E-state index >= 15 is 0 Å². The van der Waals surface area contributed by atoms with Crippen LogP contribution in [0.3, 0.4) is 0 Å². The lowest BCUT2D eigenvalue weighted by atomic mass is 10.1. The zero-order valence-corrected chi connectivity index (χ0v) is 10.8. The van der Waals surface area contributed by atoms with Crippen molar-refractivity contribution < 1.29 is 13.5 Å². The van der Waals surface area contributed by atoms with Crippen molar-refractivity contribution in [3.63, 3.8) is 0 Å². The first-order valence-corrected chi connectivity index (χ1v) is 6.19. The Labute approximate surface area is 111 Å². The van der Waals surface area contributed by atoms with Gasteiger partial charge in [-0.2, -0.15) is 8.78 Å². The summed E-state index contributed by atoms with van der Waals surface area (Å²) in [7, 11) is 1.96. The first-order chi connectivity index (χ1) is 9.16. The normalized spacial score (nSPS) is 14.7. The molecule has 0 unspecified atom stereocenters. The van der Waals surface area contributed by atoms with Crippen LogP contribution in [0.1, 0.15) is 5.56 Å². The summed E-state index contributed by atoms with van der Waals surface area (Å²) in [6.45, 7) is -0.455. The van der Waals surface area contributed by atoms with Crippen molar-refractivity contribution in [3.05, 3.63) is 29.8 Å². The van der Waals surface area contributed by atoms with Crippen molar-refractivity contribution in [1.82, 2.24) is 10.2 Å². The van der Waals surface area contributed by atoms with Crippen LogP contribution in [-0.4, -0.2) is 44.2 Å². The van der Waals surface area contributed by atoms with Gasteiger partial charge in [-0.15, -0.1) is 0 Å². The number of guanidine groups is 1. The summed E-state index contributed by atoms with van der Waals surface area (Å²) in [5.74, 6) is 1.09. The summed E-state index contributed by atoms with van der Waals surface area (Å²) in [6, 6.07) is 6.84. The van der Waals surface area contributed by atoms with Crippen molar-refractivity contribution in [1.29, 1.82) is 0 Å². The number of hydrogen-bond donors (Lipinski definition) is 1. The van der Waals surface area contributed by atoms with Gasteiger partial charge in [-0.3, -0.25) is 4.99 Å². The van der Waals surface area contributed by atoms with Gasteiger partial charge in [0.05, 0.1) is 6.54 Å². The van der Waals surface area contributed by atoms with Gasteiger partial charge >= 0.3 is 6.61 Å². The Kier molecular flexibility index (Phi) is 4.54. The number of rotatable bonds is 5. The highest BCUT2D eigenvalue weighted by molar-refractivity contribution is 5.81. The lowest BCUT2D eigenvalue weighted by Crippen LogP contribution is -2.36. The number of alkyl halides is 2. The van der Waals surface area contributed by atoms with Crippen molar-refractivity contribution in [3.8, 4) is 5.75 Å². The zero-order valence-electron chi connectivity index (χ0n) is 10.8. The van der Waals surface area contributed by atoms with E-state index < -0.39 is 6.61 Å². The van der Waals surface area contributed by atoms with Crippen LogP contribution in [0.25, 0.3) is 0 Å². The minimum absolute atomic E-state index is 0.237. The molecule has 0 bridgehead atoms. The molecule has 0 radical (unpaired) electrons. The maximum atomic E-state index is 12.3. The Balaban J connectivity index is 1.88. The molecule has 0 saturated heterocycles. The standard InChI is InChI=1S/C13H17F2N3O/c1-18-9-8-17-13(18)16-7-6-10-4-2-3-5-11(10)19-12(14)15/h2-5,12H,6-9H2,1H3,(H,16,17). The molecular formula is C13H17F2N3O. The van der Waals surface area contributed by atoms with E-state index in [1.165, 1.54) is 0 Å². The predicted molar refractivity (Wildman–Crippen MR) is 69.7 cm³/mol. The first-order valence-electron chi connectivity index (χ1n) is 6.19. The van der Waals surface area contributed by atoms with Crippen LogP contribution < -0.4 is 10.1 Å². The smallest absolute Gasteiger partial charge is 0.387 e. The van der Waals surface area contributed by atoms with Gasteiger partial charge in [0.15, 0.2) is 5.96 Å². The van der Waals surface area contributed by atoms with Crippen LogP contribution in [0.5, 0.6) is 5.75 Å². The molecule has 104 valence electrons. The molecule has 1 aromatic carbocycles. The molecule has 0 saturated carbocycles. The van der Waals surface area contributed by atoms with Gasteiger partial charge in [-0.1, -0.05) is 18.2 Å². The maximum absolute atomic E-state index is 12.3. The highest BCUT2D eigenvalue weighted by atomic mass is 19.3. The molecule has 1 aromatic rings. The Bertz CT molecular complexity index is 451. The Hall–Kier alpha value is -1.85. The third kappa shape index (κ3) is 3.81. The highest BCUT2D eigenvalue weighted by Gasteiger charge is 2.12. The zero-order chi connectivity index (χ0) is 13.7. The fourth-order valence-electron chi connectivity index (χ4n) is 1.95. The molecule has 0 amide bonds. The van der Waals surface area contributed by atoms with Gasteiger partial charge in [-0.05, 0) is 18.1 Å². The third-order valence-electron chi connectivity index (χ3n) is 2.92. The highest BCUT2D eigenvalue weighted by Crippen LogP contribution is 2.20. The minimum Gasteiger partial charge on any atom is -0.435 e. The summed E-state index contributed by atoms with van der Waals surface area (Å²) in [5, 5.41) is 3.19. The lowest BCUT2D eigenvalue weighted by molar-refractivity contribution is -0.0504. The predicted octanol–water partition coefficient (Wildman–Crippen LogP) is 1.72. The first kappa shape index (κ1) is 13.6. The number of hydrogen-bond acceptors (Lipinski definition) is 4. The van der Waals surface area contributed by atoms with E-state index in [-0.39, 0.29) is 5.75 Å². The van der Waals surface area contributed by atoms with Crippen molar-refractivity contribution in [2.45, 2.75) is 13.0 Å². The Morgan fingerprint density at radius 1 is 1.42 bits per heavy atom. The van der Waals surface area contributed by atoms with Gasteiger partial charge in [0.2, 0.25) is 0 Å². The molecule has 2 rings (SSSR count). The molecule has 1 heterocycles. The molecule has 0 spiro atoms. The van der Waals surface area contributed by atoms with Crippen LogP contribution in [0.15, 0.2) is 29.3 Å². The summed E-state index contributed by atoms with van der Waals surface area (Å²) in [5.41, 5.74) is 0.761. The van der Waals surface area contributed by atoms with Crippen LogP contribution >= 0.6 is 0 Å². The van der Waals surface area contributed by atoms with E-state index in [0.717, 1.165) is 24.6 Å². The Morgan fingerprint density at radius 2 is 2.21 bits per heavy atom. The molecule has 1 N–H and O–H groups in total. The number of benzene rings is 1. The third-order valence-corrected chi connectivity index (χ3v) is 2.92. The number of likely N-dealkylation sites (N-methyl/N-ethyl adjacent to an activating group) is 1. The summed E-state index contributed by atoms with van der Waals surface area (Å²) >= 11 is 0. The summed E-state index contributed by atoms with van der Waals surface area (Å²) < 4.78 is 29.0. The van der Waals surface area contributed by atoms with E-state index in [1.807, 2.05) is 18.0 Å². The molecular weight excluding hydrogens is 252 g/mol. The number of nitrogens with one attached hydrogen (secondary N) is 1. The average molecular weight is 269 g/mol. The van der Waals surface area contributed by atoms with Crippen molar-refractivity contribution in [2.75, 3.05) is 26.7 Å². The monoisotopic (exact) mass is 269 g/mol. The van der Waals surface area contributed by atoms with E-state index in [1.54, 1.807) is 18.2 Å². The largest absolute Gasteiger partial charge is 0.435 e. The maximum Gasteiger partial charge on any atom is 0.387 e. The van der Waals surface area contributed by atoms with Crippen molar-refractivity contribution in [2.24, 2.45) is 4.99 Å². The van der Waals surface area contributed by atoms with Crippen LogP contribution in [0, 0.1) is 0 Å². The average Bonchev–Trinajstić information content (AvgIpc) is 2.77. The minimum atomic E-state index is -2.79. The van der Waals surface area contributed by atoms with Crippen molar-refractivity contribution >= 4 is 5.96 Å². The van der Waals surface area contributed by atoms with Crippen LogP contribution in [0.4, 0.5) is 8.78 Å². The molecule has 0 atom stereocenters. The molecule has 1 aliphatic rings. The molecule has 0 aromatic heterocycles. The van der Waals surface area contributed by atoms with Crippen LogP contribution in [0.2, 0.25) is 0 Å². The molecule has 4 nitrogen and oxygen atoms in total. The van der Waals surface area contributed by atoms with Crippen LogP contribution in [-0.2, 0) is 6.42 Å². The quantitative estimate of drug-likeness (QED) is 0.884. The van der Waals surface area contributed by atoms with E-state index in [9.17, 15) is 8.78 Å². The molecule has 1 aliphatic heterocycles. The number of nitrogens with zero attached hydrogens (tertiary/aromatic N) is 2. The fraction of sp³-hybridized carbons (Fsp3) is 0.462. The van der Waals surface area contributed by atoms with Gasteiger partial charge in [0, 0.05) is 20.1 Å². The second-order valence-corrected chi connectivity index (χ2v) is 4.29. The van der Waals surface area contributed by atoms with Gasteiger partial charge in [-0.25, -0.2) is 0 Å². The lowest BCUT2D eigenvalue weighted by Gasteiger charge is -2.16. The Morgan fingerprint density at radius 3 is 2.89 bits per heavy atom. The van der Waals surface area contributed by atoms with Gasteiger partial charge in [0.1, 0.15) is 5.75 Å².